The Labute approximate surface area is 376 Å². The van der Waals surface area contributed by atoms with Crippen molar-refractivity contribution >= 4 is 17.1 Å². The Morgan fingerprint density at radius 1 is 0.297 bits per heavy atom. The minimum absolute atomic E-state index is 0.264. The molecule has 0 N–H and O–H groups in total. The quantitative estimate of drug-likeness (QED) is 0.148. The predicted molar refractivity (Wildman–Crippen MR) is 267 cm³/mol. The highest BCUT2D eigenvalue weighted by molar-refractivity contribution is 5.99. The molecule has 0 saturated carbocycles. The van der Waals surface area contributed by atoms with Crippen molar-refractivity contribution in [3.63, 3.8) is 0 Å². The van der Waals surface area contributed by atoms with Crippen LogP contribution in [0.15, 0.2) is 255 Å². The number of anilines is 3. The van der Waals surface area contributed by atoms with Crippen LogP contribution in [0.5, 0.6) is 0 Å². The van der Waals surface area contributed by atoms with E-state index in [1.807, 2.05) is 0 Å². The molecule has 12 rings (SSSR count). The molecule has 2 aliphatic rings. The molecule has 0 fully saturated rings. The molecule has 0 aromatic heterocycles. The van der Waals surface area contributed by atoms with Crippen molar-refractivity contribution in [2.75, 3.05) is 4.90 Å². The van der Waals surface area contributed by atoms with Crippen molar-refractivity contribution in [1.29, 1.82) is 0 Å². The molecule has 10 aromatic rings. The molecule has 1 unspecified atom stereocenters. The molecular weight excluding hydrogens is 771 g/mol. The van der Waals surface area contributed by atoms with Crippen LogP contribution in [-0.4, -0.2) is 0 Å². The number of para-hydroxylation sites is 1. The molecule has 0 aliphatic heterocycles. The van der Waals surface area contributed by atoms with Gasteiger partial charge >= 0.3 is 0 Å². The van der Waals surface area contributed by atoms with Crippen LogP contribution in [0.25, 0.3) is 44.5 Å². The molecule has 0 saturated heterocycles. The average molecular weight is 816 g/mol. The van der Waals surface area contributed by atoms with E-state index in [0.29, 0.717) is 0 Å². The van der Waals surface area contributed by atoms with Crippen LogP contribution in [0.2, 0.25) is 0 Å². The lowest BCUT2D eigenvalue weighted by molar-refractivity contribution is 0.714. The van der Waals surface area contributed by atoms with Gasteiger partial charge in [0.25, 0.3) is 0 Å². The number of nitrogens with zero attached hydrogens (tertiary/aromatic N) is 1. The zero-order valence-corrected chi connectivity index (χ0v) is 35.7. The summed E-state index contributed by atoms with van der Waals surface area (Å²) in [6, 6.07) is 94.1. The summed E-state index contributed by atoms with van der Waals surface area (Å²) in [5.41, 5.74) is 21.6. The third-order valence-corrected chi connectivity index (χ3v) is 14.1. The van der Waals surface area contributed by atoms with Gasteiger partial charge in [0.1, 0.15) is 0 Å². The lowest BCUT2D eigenvalue weighted by Gasteiger charge is -2.34. The first kappa shape index (κ1) is 37.7. The Kier molecular flexibility index (Phi) is 8.91. The fraction of sp³-hybridized carbons (Fsp3) is 0.0476. The highest BCUT2D eigenvalue weighted by atomic mass is 15.1. The fourth-order valence-electron chi connectivity index (χ4n) is 11.2. The highest BCUT2D eigenvalue weighted by Gasteiger charge is 2.47. The molecule has 0 bridgehead atoms. The summed E-state index contributed by atoms with van der Waals surface area (Å²) in [5, 5.41) is 0. The summed E-state index contributed by atoms with van der Waals surface area (Å²) < 4.78 is 0. The Hall–Kier alpha value is -8.00. The maximum atomic E-state index is 2.50. The van der Waals surface area contributed by atoms with Gasteiger partial charge in [-0.05, 0) is 110 Å². The molecule has 0 heterocycles. The first-order chi connectivity index (χ1) is 31.7. The molecule has 1 heteroatoms. The standard InChI is InChI=1S/C63H45N/c1-62(47-23-8-3-9-24-47)55-32-17-14-30-52(55)53-42-39-46(43-58(53)62)44-37-40-50(41-38-44)64(59-35-19-16-29-51(59)45-21-6-2-7-22-45)60-36-20-34-57-61(60)54-31-15-18-33-56(54)63(57,48-25-10-4-11-26-48)49-27-12-5-13-28-49/h2-43H,1H3. The zero-order valence-electron chi connectivity index (χ0n) is 35.7. The molecule has 10 aromatic carbocycles. The van der Waals surface area contributed by atoms with Gasteiger partial charge in [-0.25, -0.2) is 0 Å². The molecule has 0 radical (unpaired) electrons. The van der Waals surface area contributed by atoms with Gasteiger partial charge in [-0.1, -0.05) is 224 Å². The summed E-state index contributed by atoms with van der Waals surface area (Å²) in [5.74, 6) is 0. The number of rotatable bonds is 8. The molecule has 0 spiro atoms. The zero-order chi connectivity index (χ0) is 42.7. The van der Waals surface area contributed by atoms with Crippen molar-refractivity contribution in [1.82, 2.24) is 0 Å². The summed E-state index contributed by atoms with van der Waals surface area (Å²) >= 11 is 0. The third-order valence-electron chi connectivity index (χ3n) is 14.1. The van der Waals surface area contributed by atoms with E-state index < -0.39 is 5.41 Å². The van der Waals surface area contributed by atoms with Gasteiger partial charge in [0.05, 0.1) is 16.8 Å². The van der Waals surface area contributed by atoms with Gasteiger partial charge in [0.15, 0.2) is 0 Å². The number of hydrogen-bond acceptors (Lipinski definition) is 1. The second-order valence-electron chi connectivity index (χ2n) is 17.3. The normalized spacial score (nSPS) is 15.1. The van der Waals surface area contributed by atoms with E-state index in [1.54, 1.807) is 0 Å². The van der Waals surface area contributed by atoms with Gasteiger partial charge in [0, 0.05) is 22.2 Å². The van der Waals surface area contributed by atoms with Crippen molar-refractivity contribution < 1.29 is 0 Å². The number of hydrogen-bond donors (Lipinski definition) is 0. The predicted octanol–water partition coefficient (Wildman–Crippen LogP) is 16.2. The molecule has 1 nitrogen and oxygen atoms in total. The van der Waals surface area contributed by atoms with Gasteiger partial charge in [-0.15, -0.1) is 0 Å². The van der Waals surface area contributed by atoms with E-state index in [2.05, 4.69) is 267 Å². The van der Waals surface area contributed by atoms with E-state index in [0.717, 1.165) is 17.1 Å². The molecule has 0 amide bonds. The molecule has 302 valence electrons. The van der Waals surface area contributed by atoms with E-state index in [-0.39, 0.29) is 5.41 Å². The largest absolute Gasteiger partial charge is 0.309 e. The van der Waals surface area contributed by atoms with E-state index in [4.69, 9.17) is 0 Å². The Balaban J connectivity index is 1.06. The number of fused-ring (bicyclic) bond motifs is 6. The SMILES string of the molecule is CC1(c2ccccc2)c2ccccc2-c2ccc(-c3ccc(N(c4ccccc4-c4ccccc4)c4cccc5c4-c4ccccc4C5(c4ccccc4)c4ccccc4)cc3)cc21. The first-order valence-corrected chi connectivity index (χ1v) is 22.3. The first-order valence-electron chi connectivity index (χ1n) is 22.3. The molecule has 1 atom stereocenters. The second-order valence-corrected chi connectivity index (χ2v) is 17.3. The maximum Gasteiger partial charge on any atom is 0.0714 e. The van der Waals surface area contributed by atoms with Crippen LogP contribution in [0.1, 0.15) is 45.9 Å². The second kappa shape index (κ2) is 15.1. The smallest absolute Gasteiger partial charge is 0.0714 e. The van der Waals surface area contributed by atoms with Crippen molar-refractivity contribution in [2.45, 2.75) is 17.8 Å². The molecular formula is C63H45N. The average Bonchev–Trinajstić information content (AvgIpc) is 3.83. The van der Waals surface area contributed by atoms with Gasteiger partial charge in [0.2, 0.25) is 0 Å². The minimum atomic E-state index is -0.513. The van der Waals surface area contributed by atoms with Crippen LogP contribution >= 0.6 is 0 Å². The Bertz CT molecular complexity index is 3280. The molecule has 2 aliphatic carbocycles. The maximum absolute atomic E-state index is 2.50. The van der Waals surface area contributed by atoms with Gasteiger partial charge < -0.3 is 4.90 Å². The summed E-state index contributed by atoms with van der Waals surface area (Å²) in [4.78, 5) is 2.50. The minimum Gasteiger partial charge on any atom is -0.309 e. The monoisotopic (exact) mass is 815 g/mol. The van der Waals surface area contributed by atoms with Crippen LogP contribution in [0, 0.1) is 0 Å². The highest BCUT2D eigenvalue weighted by Crippen LogP contribution is 2.60. The van der Waals surface area contributed by atoms with Crippen LogP contribution in [0.4, 0.5) is 17.1 Å². The van der Waals surface area contributed by atoms with Crippen LogP contribution in [-0.2, 0) is 10.8 Å². The van der Waals surface area contributed by atoms with E-state index >= 15 is 0 Å². The summed E-state index contributed by atoms with van der Waals surface area (Å²) in [7, 11) is 0. The molecule has 64 heavy (non-hydrogen) atoms. The Morgan fingerprint density at radius 3 is 1.45 bits per heavy atom. The van der Waals surface area contributed by atoms with Crippen molar-refractivity contribution in [3.05, 3.63) is 294 Å². The topological polar surface area (TPSA) is 3.24 Å². The fourth-order valence-corrected chi connectivity index (χ4v) is 11.2. The third kappa shape index (κ3) is 5.64. The lowest BCUT2D eigenvalue weighted by Crippen LogP contribution is -2.28. The van der Waals surface area contributed by atoms with Crippen molar-refractivity contribution in [3.8, 4) is 44.5 Å². The van der Waals surface area contributed by atoms with Crippen LogP contribution < -0.4 is 4.90 Å². The number of benzene rings is 10. The van der Waals surface area contributed by atoms with Crippen LogP contribution in [0.3, 0.4) is 0 Å². The summed E-state index contributed by atoms with van der Waals surface area (Å²) in [6.07, 6.45) is 0. The summed E-state index contributed by atoms with van der Waals surface area (Å²) in [6.45, 7) is 2.39. The van der Waals surface area contributed by atoms with E-state index in [1.165, 1.54) is 83.5 Å². The van der Waals surface area contributed by atoms with Gasteiger partial charge in [-0.3, -0.25) is 0 Å². The lowest BCUT2D eigenvalue weighted by atomic mass is 9.68. The van der Waals surface area contributed by atoms with E-state index in [9.17, 15) is 0 Å². The Morgan fingerprint density at radius 2 is 0.781 bits per heavy atom. The van der Waals surface area contributed by atoms with Crippen molar-refractivity contribution in [2.24, 2.45) is 0 Å². The van der Waals surface area contributed by atoms with Gasteiger partial charge in [-0.2, -0.15) is 0 Å².